The molecule has 1 amide bonds. The maximum absolute atomic E-state index is 12.7. The average molecular weight is 543 g/mol. The number of aromatic nitrogens is 3. The van der Waals surface area contributed by atoms with E-state index in [2.05, 4.69) is 15.5 Å². The van der Waals surface area contributed by atoms with E-state index in [9.17, 15) is 4.79 Å². The maximum atomic E-state index is 12.7. The Balaban J connectivity index is 1.52. The van der Waals surface area contributed by atoms with Gasteiger partial charge in [-0.15, -0.1) is 10.2 Å². The monoisotopic (exact) mass is 542 g/mol. The number of anilines is 1. The number of thioether (sulfide) groups is 1. The number of carbonyl (C=O) groups is 1. The fraction of sp³-hybridized carbons (Fsp3) is 0.192. The summed E-state index contributed by atoms with van der Waals surface area (Å²) in [6.07, 6.45) is 0. The van der Waals surface area contributed by atoms with Crippen molar-refractivity contribution in [3.63, 3.8) is 0 Å². The van der Waals surface area contributed by atoms with Gasteiger partial charge in [0.15, 0.2) is 11.0 Å². The zero-order valence-electron chi connectivity index (χ0n) is 19.7. The van der Waals surface area contributed by atoms with E-state index in [1.165, 1.54) is 11.8 Å². The molecule has 0 fully saturated rings. The van der Waals surface area contributed by atoms with Crippen LogP contribution in [0.3, 0.4) is 0 Å². The highest BCUT2D eigenvalue weighted by atomic mass is 35.5. The minimum absolute atomic E-state index is 0.148. The van der Waals surface area contributed by atoms with Gasteiger partial charge in [0, 0.05) is 21.4 Å². The smallest absolute Gasteiger partial charge is 0.234 e. The highest BCUT2D eigenvalue weighted by Crippen LogP contribution is 2.26. The summed E-state index contributed by atoms with van der Waals surface area (Å²) in [5.41, 5.74) is 2.43. The van der Waals surface area contributed by atoms with Crippen LogP contribution in [0.4, 0.5) is 5.69 Å². The Kier molecular flexibility index (Phi) is 8.74. The fourth-order valence-electron chi connectivity index (χ4n) is 3.37. The topological polar surface area (TPSA) is 78.3 Å². The van der Waals surface area contributed by atoms with E-state index in [4.69, 9.17) is 32.7 Å². The molecule has 4 aromatic rings. The van der Waals surface area contributed by atoms with Gasteiger partial charge in [0.1, 0.15) is 18.1 Å². The number of carbonyl (C=O) groups excluding carboxylic acids is 1. The number of halogens is 2. The molecule has 10 heteroatoms. The number of ether oxygens (including phenoxy) is 2. The van der Waals surface area contributed by atoms with Crippen molar-refractivity contribution < 1.29 is 14.3 Å². The van der Waals surface area contributed by atoms with Crippen LogP contribution in [0.2, 0.25) is 10.0 Å². The Hall–Kier alpha value is -3.20. The SMILES string of the molecule is CCOc1ccc(-n2c(COc3ccc(Cl)cc3)nnc2SCC(=O)Nc2ccc(Cl)cc2C)cc1. The Labute approximate surface area is 223 Å². The van der Waals surface area contributed by atoms with Crippen LogP contribution >= 0.6 is 35.0 Å². The highest BCUT2D eigenvalue weighted by molar-refractivity contribution is 7.99. The molecule has 0 aliphatic heterocycles. The van der Waals surface area contributed by atoms with Crippen molar-refractivity contribution in [2.24, 2.45) is 0 Å². The molecule has 0 bridgehead atoms. The van der Waals surface area contributed by atoms with Gasteiger partial charge in [0.25, 0.3) is 0 Å². The lowest BCUT2D eigenvalue weighted by Gasteiger charge is -2.12. The van der Waals surface area contributed by atoms with Gasteiger partial charge in [-0.1, -0.05) is 35.0 Å². The molecule has 3 aromatic carbocycles. The second-order valence-electron chi connectivity index (χ2n) is 7.70. The number of aryl methyl sites for hydroxylation is 1. The normalized spacial score (nSPS) is 10.8. The van der Waals surface area contributed by atoms with Gasteiger partial charge in [-0.25, -0.2) is 0 Å². The minimum atomic E-state index is -0.161. The van der Waals surface area contributed by atoms with Crippen LogP contribution in [-0.4, -0.2) is 33.0 Å². The molecular weight excluding hydrogens is 519 g/mol. The van der Waals surface area contributed by atoms with Crippen molar-refractivity contribution in [2.75, 3.05) is 17.7 Å². The van der Waals surface area contributed by atoms with Gasteiger partial charge in [0.2, 0.25) is 5.91 Å². The van der Waals surface area contributed by atoms with E-state index in [1.54, 1.807) is 42.5 Å². The number of hydrogen-bond acceptors (Lipinski definition) is 6. The fourth-order valence-corrected chi connectivity index (χ4v) is 4.49. The highest BCUT2D eigenvalue weighted by Gasteiger charge is 2.17. The van der Waals surface area contributed by atoms with Crippen molar-refractivity contribution in [1.29, 1.82) is 0 Å². The van der Waals surface area contributed by atoms with Gasteiger partial charge in [0.05, 0.1) is 12.4 Å². The predicted molar refractivity (Wildman–Crippen MR) is 144 cm³/mol. The first-order valence-electron chi connectivity index (χ1n) is 11.2. The zero-order chi connectivity index (χ0) is 25.5. The number of nitrogens with one attached hydrogen (secondary N) is 1. The molecule has 36 heavy (non-hydrogen) atoms. The molecule has 0 saturated heterocycles. The van der Waals surface area contributed by atoms with Crippen LogP contribution in [0.25, 0.3) is 5.69 Å². The summed E-state index contributed by atoms with van der Waals surface area (Å²) >= 11 is 13.3. The lowest BCUT2D eigenvalue weighted by Crippen LogP contribution is -2.15. The van der Waals surface area contributed by atoms with Gasteiger partial charge in [-0.2, -0.15) is 0 Å². The molecule has 1 N–H and O–H groups in total. The molecule has 7 nitrogen and oxygen atoms in total. The molecule has 4 rings (SSSR count). The number of amides is 1. The van der Waals surface area contributed by atoms with E-state index >= 15 is 0 Å². The number of rotatable bonds is 10. The Morgan fingerprint density at radius 1 is 0.944 bits per heavy atom. The van der Waals surface area contributed by atoms with Crippen molar-refractivity contribution in [2.45, 2.75) is 25.6 Å². The Morgan fingerprint density at radius 3 is 2.31 bits per heavy atom. The Bertz CT molecular complexity index is 1330. The first kappa shape index (κ1) is 25.9. The summed E-state index contributed by atoms with van der Waals surface area (Å²) in [6.45, 7) is 4.59. The summed E-state index contributed by atoms with van der Waals surface area (Å²) in [4.78, 5) is 12.7. The number of nitrogens with zero attached hydrogens (tertiary/aromatic N) is 3. The number of hydrogen-bond donors (Lipinski definition) is 1. The zero-order valence-corrected chi connectivity index (χ0v) is 22.0. The molecular formula is C26H24Cl2N4O3S. The molecule has 1 heterocycles. The molecule has 1 aromatic heterocycles. The first-order valence-corrected chi connectivity index (χ1v) is 12.9. The van der Waals surface area contributed by atoms with Crippen molar-refractivity contribution in [3.8, 4) is 17.2 Å². The molecule has 0 aliphatic carbocycles. The summed E-state index contributed by atoms with van der Waals surface area (Å²) < 4.78 is 13.3. The summed E-state index contributed by atoms with van der Waals surface area (Å²) in [6, 6.07) is 20.0. The van der Waals surface area contributed by atoms with E-state index in [0.717, 1.165) is 22.7 Å². The average Bonchev–Trinajstić information content (AvgIpc) is 3.27. The van der Waals surface area contributed by atoms with Gasteiger partial charge < -0.3 is 14.8 Å². The predicted octanol–water partition coefficient (Wildman–Crippen LogP) is 6.59. The molecule has 0 unspecified atom stereocenters. The van der Waals surface area contributed by atoms with E-state index in [-0.39, 0.29) is 18.3 Å². The standard InChI is InChI=1S/C26H24Cl2N4O3S/c1-3-34-21-11-7-20(8-12-21)32-24(15-35-22-9-4-18(27)5-10-22)30-31-26(32)36-16-25(33)29-23-13-6-19(28)14-17(23)2/h4-14H,3,15-16H2,1-2H3,(H,29,33). The van der Waals surface area contributed by atoms with E-state index in [0.29, 0.717) is 33.4 Å². The second kappa shape index (κ2) is 12.2. The van der Waals surface area contributed by atoms with Gasteiger partial charge in [-0.05, 0) is 86.1 Å². The van der Waals surface area contributed by atoms with Crippen molar-refractivity contribution >= 4 is 46.6 Å². The van der Waals surface area contributed by atoms with Crippen LogP contribution in [0.5, 0.6) is 11.5 Å². The Morgan fingerprint density at radius 2 is 1.61 bits per heavy atom. The third-order valence-corrected chi connectivity index (χ3v) is 6.50. The third kappa shape index (κ3) is 6.72. The van der Waals surface area contributed by atoms with Gasteiger partial charge in [-0.3, -0.25) is 9.36 Å². The molecule has 0 saturated carbocycles. The molecule has 0 radical (unpaired) electrons. The van der Waals surface area contributed by atoms with E-state index < -0.39 is 0 Å². The van der Waals surface area contributed by atoms with Crippen LogP contribution in [0, 0.1) is 6.92 Å². The molecule has 0 atom stereocenters. The second-order valence-corrected chi connectivity index (χ2v) is 9.52. The first-order chi connectivity index (χ1) is 17.4. The van der Waals surface area contributed by atoms with Crippen molar-refractivity contribution in [3.05, 3.63) is 88.2 Å². The third-order valence-electron chi connectivity index (χ3n) is 5.08. The number of benzene rings is 3. The maximum Gasteiger partial charge on any atom is 0.234 e. The summed E-state index contributed by atoms with van der Waals surface area (Å²) in [5, 5.41) is 13.4. The molecule has 0 spiro atoms. The van der Waals surface area contributed by atoms with Crippen molar-refractivity contribution in [1.82, 2.24) is 14.8 Å². The lowest BCUT2D eigenvalue weighted by molar-refractivity contribution is -0.113. The van der Waals surface area contributed by atoms with Crippen LogP contribution in [0.1, 0.15) is 18.3 Å². The largest absolute Gasteiger partial charge is 0.494 e. The molecule has 0 aliphatic rings. The van der Waals surface area contributed by atoms with E-state index in [1.807, 2.05) is 42.7 Å². The lowest BCUT2D eigenvalue weighted by atomic mass is 10.2. The van der Waals surface area contributed by atoms with Crippen LogP contribution in [-0.2, 0) is 11.4 Å². The molecule has 186 valence electrons. The van der Waals surface area contributed by atoms with Crippen LogP contribution < -0.4 is 14.8 Å². The van der Waals surface area contributed by atoms with Crippen LogP contribution in [0.15, 0.2) is 71.9 Å². The quantitative estimate of drug-likeness (QED) is 0.228. The summed E-state index contributed by atoms with van der Waals surface area (Å²) in [7, 11) is 0. The van der Waals surface area contributed by atoms with Gasteiger partial charge >= 0.3 is 0 Å². The minimum Gasteiger partial charge on any atom is -0.494 e. The summed E-state index contributed by atoms with van der Waals surface area (Å²) in [5.74, 6) is 2.00.